The minimum absolute atomic E-state index is 0.0867. The Morgan fingerprint density at radius 1 is 1.29 bits per heavy atom. The van der Waals surface area contributed by atoms with E-state index in [1.54, 1.807) is 22.8 Å². The zero-order valence-electron chi connectivity index (χ0n) is 8.70. The summed E-state index contributed by atoms with van der Waals surface area (Å²) in [6.07, 6.45) is 5.33. The van der Waals surface area contributed by atoms with Crippen molar-refractivity contribution in [1.82, 2.24) is 14.6 Å². The number of nitro benzene ring substituents is 1. The predicted octanol–water partition coefficient (Wildman–Crippen LogP) is 2.24. The van der Waals surface area contributed by atoms with Crippen LogP contribution in [-0.2, 0) is 0 Å². The van der Waals surface area contributed by atoms with Crippen LogP contribution in [0.5, 0.6) is 0 Å². The quantitative estimate of drug-likeness (QED) is 0.539. The van der Waals surface area contributed by atoms with E-state index in [1.807, 2.05) is 12.4 Å². The number of nitrogens with one attached hydrogen (secondary N) is 1. The van der Waals surface area contributed by atoms with E-state index in [9.17, 15) is 10.1 Å². The van der Waals surface area contributed by atoms with Crippen LogP contribution in [0.1, 0.15) is 0 Å². The van der Waals surface area contributed by atoms with Crippen LogP contribution in [-0.4, -0.2) is 19.5 Å². The third kappa shape index (κ3) is 1.46. The van der Waals surface area contributed by atoms with Crippen LogP contribution in [0.4, 0.5) is 5.69 Å². The molecule has 2 heterocycles. The van der Waals surface area contributed by atoms with Crippen molar-refractivity contribution < 1.29 is 4.92 Å². The van der Waals surface area contributed by atoms with Gasteiger partial charge in [0.2, 0.25) is 0 Å². The molecule has 0 bridgehead atoms. The second kappa shape index (κ2) is 3.44. The molecule has 3 aromatic rings. The third-order valence-corrected chi connectivity index (χ3v) is 2.62. The van der Waals surface area contributed by atoms with Crippen LogP contribution in [0.3, 0.4) is 0 Å². The summed E-state index contributed by atoms with van der Waals surface area (Å²) in [6, 6.07) is 6.41. The van der Waals surface area contributed by atoms with E-state index in [0.29, 0.717) is 0 Å². The Bertz CT molecular complexity index is 681. The summed E-state index contributed by atoms with van der Waals surface area (Å²) < 4.78 is 1.79. The second-order valence-electron chi connectivity index (χ2n) is 3.61. The van der Waals surface area contributed by atoms with Crippen molar-refractivity contribution in [3.8, 4) is 11.1 Å². The van der Waals surface area contributed by atoms with Crippen LogP contribution in [0.25, 0.3) is 16.8 Å². The van der Waals surface area contributed by atoms with E-state index >= 15 is 0 Å². The van der Waals surface area contributed by atoms with Crippen molar-refractivity contribution in [3.05, 3.63) is 53.0 Å². The maximum absolute atomic E-state index is 10.6. The minimum Gasteiger partial charge on any atom is -0.299 e. The molecule has 2 aromatic heterocycles. The van der Waals surface area contributed by atoms with Crippen molar-refractivity contribution in [3.63, 3.8) is 0 Å². The average molecular weight is 228 g/mol. The molecule has 0 aliphatic carbocycles. The van der Waals surface area contributed by atoms with Gasteiger partial charge in [-0.2, -0.15) is 0 Å². The number of hydrogen-bond donors (Lipinski definition) is 1. The average Bonchev–Trinajstić information content (AvgIpc) is 2.90. The van der Waals surface area contributed by atoms with Gasteiger partial charge in [0.1, 0.15) is 0 Å². The molecule has 0 saturated carbocycles. The summed E-state index contributed by atoms with van der Waals surface area (Å²) in [5.41, 5.74) is 2.71. The monoisotopic (exact) mass is 228 g/mol. The van der Waals surface area contributed by atoms with E-state index in [1.165, 1.54) is 12.1 Å². The summed E-state index contributed by atoms with van der Waals surface area (Å²) in [4.78, 5) is 14.4. The molecule has 1 aromatic carbocycles. The molecular formula is C11H8N4O2. The number of rotatable bonds is 2. The largest absolute Gasteiger partial charge is 0.299 e. The van der Waals surface area contributed by atoms with Crippen LogP contribution < -0.4 is 0 Å². The van der Waals surface area contributed by atoms with E-state index < -0.39 is 4.92 Å². The summed E-state index contributed by atoms with van der Waals surface area (Å²) in [7, 11) is 0. The number of benzene rings is 1. The Morgan fingerprint density at radius 2 is 2.06 bits per heavy atom. The predicted molar refractivity (Wildman–Crippen MR) is 61.6 cm³/mol. The van der Waals surface area contributed by atoms with Crippen LogP contribution in [0, 0.1) is 10.1 Å². The van der Waals surface area contributed by atoms with E-state index in [2.05, 4.69) is 10.1 Å². The Labute approximate surface area is 95.7 Å². The highest BCUT2D eigenvalue weighted by Crippen LogP contribution is 2.25. The Kier molecular flexibility index (Phi) is 1.94. The number of hydrogen-bond acceptors (Lipinski definition) is 3. The zero-order chi connectivity index (χ0) is 11.8. The first-order chi connectivity index (χ1) is 8.25. The smallest absolute Gasteiger partial charge is 0.269 e. The normalized spacial score (nSPS) is 10.8. The van der Waals surface area contributed by atoms with Gasteiger partial charge in [0.05, 0.1) is 4.92 Å². The van der Waals surface area contributed by atoms with Gasteiger partial charge in [-0.05, 0) is 17.7 Å². The lowest BCUT2D eigenvalue weighted by Crippen LogP contribution is -1.87. The second-order valence-corrected chi connectivity index (χ2v) is 3.61. The number of nitrogens with zero attached hydrogens (tertiary/aromatic N) is 3. The first kappa shape index (κ1) is 9.59. The molecule has 0 spiro atoms. The van der Waals surface area contributed by atoms with Gasteiger partial charge in [-0.15, -0.1) is 0 Å². The number of fused-ring (bicyclic) bond motifs is 1. The highest BCUT2D eigenvalue weighted by atomic mass is 16.6. The molecule has 0 atom stereocenters. The lowest BCUT2D eigenvalue weighted by atomic mass is 10.1. The van der Waals surface area contributed by atoms with Crippen molar-refractivity contribution in [2.75, 3.05) is 0 Å². The minimum atomic E-state index is -0.411. The number of imidazole rings is 1. The van der Waals surface area contributed by atoms with Crippen LogP contribution in [0.15, 0.2) is 42.9 Å². The highest BCUT2D eigenvalue weighted by Gasteiger charge is 2.09. The SMILES string of the molecule is O=[N+]([O-])c1ccc(-c2c[nH]n3ccnc23)cc1. The van der Waals surface area contributed by atoms with Gasteiger partial charge in [-0.3, -0.25) is 15.2 Å². The summed E-state index contributed by atoms with van der Waals surface area (Å²) in [5.74, 6) is 0. The maximum Gasteiger partial charge on any atom is 0.269 e. The van der Waals surface area contributed by atoms with Crippen molar-refractivity contribution in [2.45, 2.75) is 0 Å². The molecule has 0 saturated heterocycles. The molecule has 0 radical (unpaired) electrons. The molecule has 0 fully saturated rings. The fourth-order valence-electron chi connectivity index (χ4n) is 1.78. The molecular weight excluding hydrogens is 220 g/mol. The van der Waals surface area contributed by atoms with E-state index in [4.69, 9.17) is 0 Å². The lowest BCUT2D eigenvalue weighted by molar-refractivity contribution is -0.384. The van der Waals surface area contributed by atoms with Crippen molar-refractivity contribution >= 4 is 11.3 Å². The van der Waals surface area contributed by atoms with E-state index in [-0.39, 0.29) is 5.69 Å². The van der Waals surface area contributed by atoms with Crippen LogP contribution in [0.2, 0.25) is 0 Å². The van der Waals surface area contributed by atoms with Gasteiger partial charge in [-0.1, -0.05) is 0 Å². The highest BCUT2D eigenvalue weighted by molar-refractivity contribution is 5.77. The van der Waals surface area contributed by atoms with Gasteiger partial charge in [0.25, 0.3) is 5.69 Å². The van der Waals surface area contributed by atoms with Gasteiger partial charge < -0.3 is 0 Å². The molecule has 3 rings (SSSR count). The molecule has 84 valence electrons. The van der Waals surface area contributed by atoms with Gasteiger partial charge in [0.15, 0.2) is 5.65 Å². The molecule has 6 nitrogen and oxygen atoms in total. The zero-order valence-corrected chi connectivity index (χ0v) is 8.70. The summed E-state index contributed by atoms with van der Waals surface area (Å²) in [6.45, 7) is 0. The third-order valence-electron chi connectivity index (χ3n) is 2.62. The first-order valence-corrected chi connectivity index (χ1v) is 5.01. The Balaban J connectivity index is 2.10. The van der Waals surface area contributed by atoms with Crippen LogP contribution >= 0.6 is 0 Å². The summed E-state index contributed by atoms with van der Waals surface area (Å²) >= 11 is 0. The molecule has 0 aliphatic rings. The van der Waals surface area contributed by atoms with Crippen molar-refractivity contribution in [1.29, 1.82) is 0 Å². The van der Waals surface area contributed by atoms with Crippen molar-refractivity contribution in [2.24, 2.45) is 0 Å². The molecule has 1 N–H and O–H groups in total. The molecule has 6 heteroatoms. The topological polar surface area (TPSA) is 76.2 Å². The molecule has 17 heavy (non-hydrogen) atoms. The summed E-state index contributed by atoms with van der Waals surface area (Å²) in [5, 5.41) is 13.6. The number of nitro groups is 1. The first-order valence-electron chi connectivity index (χ1n) is 5.01. The molecule has 0 unspecified atom stereocenters. The standard InChI is InChI=1S/C11H8N4O2/c16-15(17)9-3-1-8(2-4-9)10-7-13-14-6-5-12-11(10)14/h1-7,13H. The number of non-ortho nitro benzene ring substituents is 1. The molecule has 0 amide bonds. The molecule has 0 aliphatic heterocycles. The van der Waals surface area contributed by atoms with E-state index in [0.717, 1.165) is 16.8 Å². The van der Waals surface area contributed by atoms with Gasteiger partial charge in [-0.25, -0.2) is 9.50 Å². The fourth-order valence-corrected chi connectivity index (χ4v) is 1.78. The lowest BCUT2D eigenvalue weighted by Gasteiger charge is -1.96. The number of H-pyrrole nitrogens is 1. The maximum atomic E-state index is 10.6. The Morgan fingerprint density at radius 3 is 2.76 bits per heavy atom. The number of aromatic nitrogens is 3. The van der Waals surface area contributed by atoms with Gasteiger partial charge in [0, 0.05) is 36.3 Å². The number of aromatic amines is 1. The Hall–Kier alpha value is -2.63. The van der Waals surface area contributed by atoms with Gasteiger partial charge >= 0.3 is 0 Å². The fraction of sp³-hybridized carbons (Fsp3) is 0.